The predicted molar refractivity (Wildman–Crippen MR) is 87.3 cm³/mol. The molecule has 0 amide bonds. The Hall–Kier alpha value is -2.00. The largest absolute Gasteiger partial charge is 0.496 e. The molecule has 0 aromatic heterocycles. The van der Waals surface area contributed by atoms with Crippen molar-refractivity contribution in [3.05, 3.63) is 64.9 Å². The summed E-state index contributed by atoms with van der Waals surface area (Å²) in [7, 11) is 1.68. The molecule has 1 heterocycles. The first kappa shape index (κ1) is 13.6. The van der Waals surface area contributed by atoms with Gasteiger partial charge < -0.3 is 9.57 Å². The Morgan fingerprint density at radius 2 is 2.27 bits per heavy atom. The maximum absolute atomic E-state index is 6.12. The first-order chi connectivity index (χ1) is 10.8. The summed E-state index contributed by atoms with van der Waals surface area (Å²) in [4.78, 5) is 5.62. The molecule has 3 nitrogen and oxygen atoms in total. The summed E-state index contributed by atoms with van der Waals surface area (Å²) < 4.78 is 5.58. The van der Waals surface area contributed by atoms with Crippen LogP contribution in [0.2, 0.25) is 5.02 Å². The van der Waals surface area contributed by atoms with E-state index in [1.165, 1.54) is 0 Å². The number of rotatable bonds is 2. The third kappa shape index (κ3) is 1.78. The summed E-state index contributed by atoms with van der Waals surface area (Å²) >= 11 is 6.12. The number of benzene rings is 1. The molecule has 0 fully saturated rings. The normalized spacial score (nSPS) is 28.4. The first-order valence-electron chi connectivity index (χ1n) is 7.41. The second-order valence-electron chi connectivity index (χ2n) is 5.74. The molecule has 0 saturated heterocycles. The number of nitrogens with zero attached hydrogens (tertiary/aromatic N) is 1. The molecule has 4 rings (SSSR count). The van der Waals surface area contributed by atoms with Gasteiger partial charge in [0, 0.05) is 10.9 Å². The molecule has 1 aromatic rings. The Morgan fingerprint density at radius 1 is 1.36 bits per heavy atom. The van der Waals surface area contributed by atoms with E-state index < -0.39 is 0 Å². The van der Waals surface area contributed by atoms with Gasteiger partial charge in [0.1, 0.15) is 16.9 Å². The van der Waals surface area contributed by atoms with Gasteiger partial charge in [-0.05, 0) is 42.7 Å². The van der Waals surface area contributed by atoms with Gasteiger partial charge >= 0.3 is 0 Å². The molecule has 2 unspecified atom stereocenters. The molecule has 1 aliphatic heterocycles. The van der Waals surface area contributed by atoms with Crippen molar-refractivity contribution >= 4 is 17.3 Å². The van der Waals surface area contributed by atoms with Crippen LogP contribution in [0.15, 0.2) is 59.5 Å². The smallest absolute Gasteiger partial charge is 0.147 e. The van der Waals surface area contributed by atoms with Crippen molar-refractivity contribution < 1.29 is 9.57 Å². The van der Waals surface area contributed by atoms with Gasteiger partial charge in [0.05, 0.1) is 12.8 Å². The molecule has 3 aliphatic rings. The van der Waals surface area contributed by atoms with Crippen molar-refractivity contribution in [3.8, 4) is 5.75 Å². The van der Waals surface area contributed by atoms with Crippen LogP contribution in [0, 0.1) is 5.41 Å². The molecular weight excluding hydrogens is 298 g/mol. The molecule has 1 spiro atoms. The summed E-state index contributed by atoms with van der Waals surface area (Å²) in [6.45, 7) is 0. The average molecular weight is 314 g/mol. The van der Waals surface area contributed by atoms with Crippen LogP contribution < -0.4 is 4.74 Å². The van der Waals surface area contributed by atoms with Gasteiger partial charge in [-0.1, -0.05) is 41.1 Å². The zero-order valence-electron chi connectivity index (χ0n) is 12.3. The molecular formula is C18H16ClNO2. The van der Waals surface area contributed by atoms with Crippen molar-refractivity contribution in [3.63, 3.8) is 0 Å². The fraction of sp³-hybridized carbons (Fsp3) is 0.278. The van der Waals surface area contributed by atoms with E-state index in [-0.39, 0.29) is 11.3 Å². The molecule has 1 aromatic carbocycles. The van der Waals surface area contributed by atoms with Gasteiger partial charge in [-0.3, -0.25) is 0 Å². The van der Waals surface area contributed by atoms with Crippen LogP contribution in [0.25, 0.3) is 0 Å². The minimum absolute atomic E-state index is 0.224. The number of methoxy groups -OCH3 is 1. The summed E-state index contributed by atoms with van der Waals surface area (Å²) in [6, 6.07) is 5.86. The molecule has 2 aliphatic carbocycles. The average Bonchev–Trinajstić information content (AvgIpc) is 2.94. The third-order valence-corrected chi connectivity index (χ3v) is 4.94. The van der Waals surface area contributed by atoms with Crippen molar-refractivity contribution in [2.75, 3.05) is 7.11 Å². The monoisotopic (exact) mass is 313 g/mol. The summed E-state index contributed by atoms with van der Waals surface area (Å²) in [5.74, 6) is 1.97. The fourth-order valence-electron chi connectivity index (χ4n) is 3.72. The highest BCUT2D eigenvalue weighted by Crippen LogP contribution is 2.56. The lowest BCUT2D eigenvalue weighted by Crippen LogP contribution is -2.37. The van der Waals surface area contributed by atoms with Crippen LogP contribution in [0.5, 0.6) is 5.75 Å². The van der Waals surface area contributed by atoms with Gasteiger partial charge in [0.25, 0.3) is 0 Å². The molecule has 22 heavy (non-hydrogen) atoms. The van der Waals surface area contributed by atoms with Crippen LogP contribution in [0.1, 0.15) is 24.3 Å². The van der Waals surface area contributed by atoms with Crippen molar-refractivity contribution in [1.29, 1.82) is 0 Å². The lowest BCUT2D eigenvalue weighted by molar-refractivity contribution is 0.195. The molecule has 0 N–H and O–H groups in total. The quantitative estimate of drug-likeness (QED) is 0.798. The van der Waals surface area contributed by atoms with E-state index in [1.54, 1.807) is 7.11 Å². The SMILES string of the molecule is COc1cc(Cl)ccc1C1CCC=C2ON=C3C=CC=CC231. The Bertz CT molecular complexity index is 747. The summed E-state index contributed by atoms with van der Waals surface area (Å²) in [5, 5.41) is 4.97. The zero-order valence-corrected chi connectivity index (χ0v) is 13.0. The summed E-state index contributed by atoms with van der Waals surface area (Å²) in [5.41, 5.74) is 1.80. The Morgan fingerprint density at radius 3 is 3.14 bits per heavy atom. The highest BCUT2D eigenvalue weighted by molar-refractivity contribution is 6.30. The number of allylic oxidation sites excluding steroid dienone is 5. The molecule has 0 bridgehead atoms. The zero-order chi connectivity index (χ0) is 15.2. The number of halogens is 1. The topological polar surface area (TPSA) is 30.8 Å². The van der Waals surface area contributed by atoms with Crippen LogP contribution in [0.4, 0.5) is 0 Å². The third-order valence-electron chi connectivity index (χ3n) is 4.70. The molecule has 4 heteroatoms. The van der Waals surface area contributed by atoms with Gasteiger partial charge in [-0.25, -0.2) is 0 Å². The lowest BCUT2D eigenvalue weighted by Gasteiger charge is -2.39. The molecule has 0 saturated carbocycles. The molecule has 112 valence electrons. The number of hydrogen-bond donors (Lipinski definition) is 0. The highest BCUT2D eigenvalue weighted by Gasteiger charge is 2.52. The highest BCUT2D eigenvalue weighted by atomic mass is 35.5. The van der Waals surface area contributed by atoms with Crippen LogP contribution in [0.3, 0.4) is 0 Å². The number of oxime groups is 1. The van der Waals surface area contributed by atoms with Crippen LogP contribution in [-0.4, -0.2) is 12.8 Å². The van der Waals surface area contributed by atoms with E-state index in [4.69, 9.17) is 21.2 Å². The first-order valence-corrected chi connectivity index (χ1v) is 7.79. The van der Waals surface area contributed by atoms with E-state index >= 15 is 0 Å². The van der Waals surface area contributed by atoms with Crippen LogP contribution in [-0.2, 0) is 4.84 Å². The van der Waals surface area contributed by atoms with Gasteiger partial charge in [-0.15, -0.1) is 0 Å². The predicted octanol–water partition coefficient (Wildman–Crippen LogP) is 4.61. The minimum atomic E-state index is -0.311. The number of ether oxygens (including phenoxy) is 1. The standard InChI is InChI=1S/C18H16ClNO2/c1-21-15-11-12(19)8-9-13(15)14-5-4-7-17-18(14)10-3-2-6-16(18)20-22-17/h2-3,6-11,14H,4-5H2,1H3. The van der Waals surface area contributed by atoms with E-state index in [0.29, 0.717) is 5.02 Å². The second-order valence-corrected chi connectivity index (χ2v) is 6.18. The van der Waals surface area contributed by atoms with Gasteiger partial charge in [0.2, 0.25) is 0 Å². The lowest BCUT2D eigenvalue weighted by atomic mass is 9.62. The minimum Gasteiger partial charge on any atom is -0.496 e. The van der Waals surface area contributed by atoms with Crippen LogP contribution >= 0.6 is 11.6 Å². The van der Waals surface area contributed by atoms with Crippen molar-refractivity contribution in [2.24, 2.45) is 10.6 Å². The van der Waals surface area contributed by atoms with Gasteiger partial charge in [-0.2, -0.15) is 0 Å². The maximum atomic E-state index is 6.12. The van der Waals surface area contributed by atoms with E-state index in [1.807, 2.05) is 24.3 Å². The van der Waals surface area contributed by atoms with Gasteiger partial charge in [0.15, 0.2) is 0 Å². The van der Waals surface area contributed by atoms with Crippen molar-refractivity contribution in [1.82, 2.24) is 0 Å². The second kappa shape index (κ2) is 5.03. The van der Waals surface area contributed by atoms with E-state index in [9.17, 15) is 0 Å². The van der Waals surface area contributed by atoms with Crippen molar-refractivity contribution in [2.45, 2.75) is 18.8 Å². The van der Waals surface area contributed by atoms with E-state index in [2.05, 4.69) is 29.5 Å². The molecule has 0 radical (unpaired) electrons. The number of hydrogen-bond acceptors (Lipinski definition) is 3. The summed E-state index contributed by atoms with van der Waals surface area (Å²) in [6.07, 6.45) is 12.4. The van der Waals surface area contributed by atoms with E-state index in [0.717, 1.165) is 35.6 Å². The Kier molecular flexibility index (Phi) is 3.12. The Labute approximate surface area is 134 Å². The maximum Gasteiger partial charge on any atom is 0.147 e. The fourth-order valence-corrected chi connectivity index (χ4v) is 3.88. The Balaban J connectivity index is 1.89. The molecule has 2 atom stereocenters.